The van der Waals surface area contributed by atoms with E-state index >= 15 is 0 Å². The molecule has 3 aromatic rings. The van der Waals surface area contributed by atoms with E-state index in [1.54, 1.807) is 59.2 Å². The van der Waals surface area contributed by atoms with Crippen LogP contribution < -0.4 is 10.6 Å². The normalized spacial score (nSPS) is 13.9. The number of aryl methyl sites for hydroxylation is 1. The van der Waals surface area contributed by atoms with E-state index in [1.165, 1.54) is 13.0 Å². The summed E-state index contributed by atoms with van der Waals surface area (Å²) in [4.78, 5) is 8.96. The van der Waals surface area contributed by atoms with Gasteiger partial charge in [-0.3, -0.25) is 0 Å². The number of hydrogen-bond donors (Lipinski definition) is 2. The summed E-state index contributed by atoms with van der Waals surface area (Å²) in [7, 11) is -2.78. The Morgan fingerprint density at radius 1 is 1.06 bits per heavy atom. The molecule has 0 spiro atoms. The highest BCUT2D eigenvalue weighted by Gasteiger charge is 2.33. The fourth-order valence-corrected chi connectivity index (χ4v) is 5.40. The molecule has 1 unspecified atom stereocenters. The minimum absolute atomic E-state index is 0.150. The Kier molecular flexibility index (Phi) is 6.42. The molecule has 0 amide bonds. The van der Waals surface area contributed by atoms with Crippen molar-refractivity contribution in [3.8, 4) is 0 Å². The van der Waals surface area contributed by atoms with Crippen molar-refractivity contribution >= 4 is 29.2 Å². The van der Waals surface area contributed by atoms with Gasteiger partial charge in [-0.1, -0.05) is 12.1 Å². The summed E-state index contributed by atoms with van der Waals surface area (Å²) in [5, 5.41) is 15.0. The predicted octanol–water partition coefficient (Wildman–Crippen LogP) is 5.91. The fourth-order valence-electron chi connectivity index (χ4n) is 4.04. The summed E-state index contributed by atoms with van der Waals surface area (Å²) in [5.41, 5.74) is -0.190. The second kappa shape index (κ2) is 8.41. The zero-order chi connectivity index (χ0) is 24.9. The Labute approximate surface area is 191 Å². The number of halogens is 3. The quantitative estimate of drug-likeness (QED) is 0.445. The average molecular weight is 479 g/mol. The van der Waals surface area contributed by atoms with Crippen LogP contribution in [0, 0.1) is 13.8 Å². The van der Waals surface area contributed by atoms with E-state index in [9.17, 15) is 22.8 Å². The highest BCUT2D eigenvalue weighted by atomic mass is 31.2. The lowest BCUT2D eigenvalue weighted by Crippen LogP contribution is -2.25. The maximum atomic E-state index is 13.4. The van der Waals surface area contributed by atoms with Gasteiger partial charge >= 0.3 is 6.18 Å². The molecule has 3 rings (SSSR count). The van der Waals surface area contributed by atoms with Crippen LogP contribution in [0.1, 0.15) is 54.9 Å². The molecule has 9 heteroatoms. The number of hydrogen-bond acceptors (Lipinski definition) is 5. The highest BCUT2D eigenvalue weighted by molar-refractivity contribution is 7.70. The molecule has 178 valence electrons. The number of aliphatic hydroxyl groups is 1. The minimum atomic E-state index is -4.44. The van der Waals surface area contributed by atoms with Gasteiger partial charge in [0.05, 0.1) is 22.7 Å². The van der Waals surface area contributed by atoms with E-state index in [4.69, 9.17) is 0 Å². The SMILES string of the molecule is Cc1nc(NC(C)c2cccc(C(F)(F)F)c2C)c2cc(P(C)(C)=O)c(C(C)(C)O)cc2n1. The Morgan fingerprint density at radius 2 is 1.70 bits per heavy atom. The molecule has 2 aromatic carbocycles. The van der Waals surface area contributed by atoms with Gasteiger partial charge in [0.25, 0.3) is 0 Å². The van der Waals surface area contributed by atoms with Crippen molar-refractivity contribution < 1.29 is 22.8 Å². The molecular formula is C24H29F3N3O2P. The van der Waals surface area contributed by atoms with Crippen LogP contribution in [-0.4, -0.2) is 28.4 Å². The molecule has 0 saturated carbocycles. The lowest BCUT2D eigenvalue weighted by atomic mass is 9.96. The lowest BCUT2D eigenvalue weighted by Gasteiger charge is -2.25. The Balaban J connectivity index is 2.18. The average Bonchev–Trinajstić information content (AvgIpc) is 2.64. The molecule has 0 aliphatic carbocycles. The Bertz CT molecular complexity index is 1260. The third-order valence-electron chi connectivity index (χ3n) is 5.67. The van der Waals surface area contributed by atoms with Gasteiger partial charge in [-0.05, 0) is 82.8 Å². The van der Waals surface area contributed by atoms with Crippen molar-refractivity contribution in [3.05, 3.63) is 58.4 Å². The molecule has 1 aromatic heterocycles. The van der Waals surface area contributed by atoms with Gasteiger partial charge in [-0.15, -0.1) is 0 Å². The molecule has 0 aliphatic heterocycles. The van der Waals surface area contributed by atoms with Crippen molar-refractivity contribution in [1.82, 2.24) is 9.97 Å². The Morgan fingerprint density at radius 3 is 2.24 bits per heavy atom. The Hall–Kier alpha value is -2.44. The maximum absolute atomic E-state index is 13.4. The van der Waals surface area contributed by atoms with Crippen molar-refractivity contribution in [2.45, 2.75) is 52.4 Å². The first-order valence-corrected chi connectivity index (χ1v) is 13.1. The summed E-state index contributed by atoms with van der Waals surface area (Å²) in [6.45, 7) is 11.4. The third-order valence-corrected chi connectivity index (χ3v) is 7.20. The summed E-state index contributed by atoms with van der Waals surface area (Å²) in [6, 6.07) is 7.06. The van der Waals surface area contributed by atoms with Gasteiger partial charge in [-0.2, -0.15) is 13.2 Å². The van der Waals surface area contributed by atoms with Crippen LogP contribution in [-0.2, 0) is 16.3 Å². The summed E-state index contributed by atoms with van der Waals surface area (Å²) in [5.74, 6) is 0.891. The number of fused-ring (bicyclic) bond motifs is 1. The standard InChI is InChI=1S/C24H29F3N3O2P/c1-13-16(9-8-10-18(13)24(25,26)27)14(2)28-22-17-11-21(33(6,7)32)19(23(4,5)31)12-20(17)29-15(3)30-22/h8-12,14,31H,1-7H3,(H,28,29,30). The van der Waals surface area contributed by atoms with E-state index < -0.39 is 30.5 Å². The molecule has 0 fully saturated rings. The number of aromatic nitrogens is 2. The monoisotopic (exact) mass is 479 g/mol. The van der Waals surface area contributed by atoms with Gasteiger partial charge in [0.15, 0.2) is 0 Å². The smallest absolute Gasteiger partial charge is 0.386 e. The molecule has 1 atom stereocenters. The molecule has 33 heavy (non-hydrogen) atoms. The first-order chi connectivity index (χ1) is 15.0. The van der Waals surface area contributed by atoms with E-state index in [-0.39, 0.29) is 5.56 Å². The van der Waals surface area contributed by atoms with E-state index in [1.807, 2.05) is 0 Å². The summed E-state index contributed by atoms with van der Waals surface area (Å²) in [6.07, 6.45) is -4.44. The van der Waals surface area contributed by atoms with Crippen molar-refractivity contribution in [3.63, 3.8) is 0 Å². The number of alkyl halides is 3. The molecule has 1 heterocycles. The number of benzene rings is 2. The number of nitrogens with zero attached hydrogens (tertiary/aromatic N) is 2. The zero-order valence-corrected chi connectivity index (χ0v) is 20.7. The van der Waals surface area contributed by atoms with Crippen LogP contribution in [0.15, 0.2) is 30.3 Å². The largest absolute Gasteiger partial charge is 0.416 e. The topological polar surface area (TPSA) is 75.1 Å². The third kappa shape index (κ3) is 5.22. The lowest BCUT2D eigenvalue weighted by molar-refractivity contribution is -0.138. The van der Waals surface area contributed by atoms with Gasteiger partial charge in [0, 0.05) is 10.7 Å². The molecule has 2 N–H and O–H groups in total. The predicted molar refractivity (Wildman–Crippen MR) is 127 cm³/mol. The molecule has 0 aliphatic rings. The van der Waals surface area contributed by atoms with Gasteiger partial charge in [-0.25, -0.2) is 9.97 Å². The first-order valence-electron chi connectivity index (χ1n) is 10.5. The van der Waals surface area contributed by atoms with Crippen LogP contribution in [0.3, 0.4) is 0 Å². The van der Waals surface area contributed by atoms with E-state index in [0.717, 1.165) is 6.07 Å². The summed E-state index contributed by atoms with van der Waals surface area (Å²) >= 11 is 0. The number of nitrogens with one attached hydrogen (secondary N) is 1. The van der Waals surface area contributed by atoms with Crippen molar-refractivity contribution in [2.75, 3.05) is 18.6 Å². The zero-order valence-electron chi connectivity index (χ0n) is 19.8. The molecule has 0 bridgehead atoms. The summed E-state index contributed by atoms with van der Waals surface area (Å²) < 4.78 is 53.2. The minimum Gasteiger partial charge on any atom is -0.386 e. The highest BCUT2D eigenvalue weighted by Crippen LogP contribution is 2.41. The molecule has 0 saturated heterocycles. The molecular weight excluding hydrogens is 450 g/mol. The fraction of sp³-hybridized carbons (Fsp3) is 0.417. The van der Waals surface area contributed by atoms with Gasteiger partial charge in [0.2, 0.25) is 0 Å². The molecule has 0 radical (unpaired) electrons. The van der Waals surface area contributed by atoms with E-state index in [0.29, 0.717) is 39.0 Å². The van der Waals surface area contributed by atoms with Crippen molar-refractivity contribution in [2.24, 2.45) is 0 Å². The van der Waals surface area contributed by atoms with Crippen LogP contribution in [0.4, 0.5) is 19.0 Å². The van der Waals surface area contributed by atoms with Crippen molar-refractivity contribution in [1.29, 1.82) is 0 Å². The second-order valence-electron chi connectivity index (χ2n) is 9.30. The number of rotatable bonds is 5. The first kappa shape index (κ1) is 25.2. The number of anilines is 1. The van der Waals surface area contributed by atoms with Crippen LogP contribution in [0.2, 0.25) is 0 Å². The van der Waals surface area contributed by atoms with Crippen LogP contribution in [0.5, 0.6) is 0 Å². The van der Waals surface area contributed by atoms with Crippen LogP contribution >= 0.6 is 7.14 Å². The maximum Gasteiger partial charge on any atom is 0.416 e. The molecule has 5 nitrogen and oxygen atoms in total. The van der Waals surface area contributed by atoms with Gasteiger partial charge < -0.3 is 15.0 Å². The van der Waals surface area contributed by atoms with Gasteiger partial charge in [0.1, 0.15) is 18.8 Å². The van der Waals surface area contributed by atoms with Crippen LogP contribution in [0.25, 0.3) is 10.9 Å². The second-order valence-corrected chi connectivity index (χ2v) is 12.5. The van der Waals surface area contributed by atoms with E-state index in [2.05, 4.69) is 15.3 Å².